The summed E-state index contributed by atoms with van der Waals surface area (Å²) < 4.78 is 25.8. The van der Waals surface area contributed by atoms with E-state index >= 15 is 0 Å². The molecule has 12 nitrogen and oxygen atoms in total. The number of allylic oxidation sites excluding steroid dienone is 1. The summed E-state index contributed by atoms with van der Waals surface area (Å²) in [6, 6.07) is 0. The average molecular weight is 741 g/mol. The van der Waals surface area contributed by atoms with Gasteiger partial charge in [-0.05, 0) is 76.7 Å². The first-order valence-corrected chi connectivity index (χ1v) is 19.7. The number of ether oxygens (including phenoxy) is 4. The minimum absolute atomic E-state index is 0.0880. The second-order valence-corrected chi connectivity index (χ2v) is 17.2. The summed E-state index contributed by atoms with van der Waals surface area (Å²) in [4.78, 5) is 13.4. The van der Waals surface area contributed by atoms with E-state index in [9.17, 15) is 40.5 Å². The van der Waals surface area contributed by atoms with Gasteiger partial charge in [-0.25, -0.2) is 4.79 Å². The molecule has 0 amide bonds. The standard InChI is InChI=1S/C40H68O12/c1-8-29(41)19-31-25(3)13-17-39(51-31)21-32-27(5)33(52-39)22-40(48)28(18-24(2)23-49-40)12-10-9-11-15-37(6,46)34(43)20-30(42)26(4)36(45)38(7,47)16-14-35(44)50-32/h10,12,14,16,24-34,36,41-43,45-48H,8-9,11,13,15,17-23H2,1-7H3. The van der Waals surface area contributed by atoms with Crippen LogP contribution in [0.1, 0.15) is 119 Å². The van der Waals surface area contributed by atoms with Gasteiger partial charge in [0.15, 0.2) is 11.6 Å². The fourth-order valence-corrected chi connectivity index (χ4v) is 8.35. The quantitative estimate of drug-likeness (QED) is 0.164. The zero-order chi connectivity index (χ0) is 38.6. The monoisotopic (exact) mass is 740 g/mol. The lowest BCUT2D eigenvalue weighted by atomic mass is 9.77. The van der Waals surface area contributed by atoms with Gasteiger partial charge in [-0.3, -0.25) is 0 Å². The first-order chi connectivity index (χ1) is 24.2. The number of esters is 1. The second-order valence-electron chi connectivity index (χ2n) is 17.2. The predicted molar refractivity (Wildman–Crippen MR) is 193 cm³/mol. The van der Waals surface area contributed by atoms with E-state index in [0.717, 1.165) is 18.6 Å². The second kappa shape index (κ2) is 17.6. The Morgan fingerprint density at radius 2 is 1.65 bits per heavy atom. The van der Waals surface area contributed by atoms with Crippen LogP contribution in [0.15, 0.2) is 24.3 Å². The van der Waals surface area contributed by atoms with Crippen molar-refractivity contribution >= 4 is 5.97 Å². The highest BCUT2D eigenvalue weighted by Gasteiger charge is 2.54. The molecule has 12 heteroatoms. The molecule has 4 rings (SSSR count). The van der Waals surface area contributed by atoms with Gasteiger partial charge in [-0.1, -0.05) is 46.8 Å². The summed E-state index contributed by atoms with van der Waals surface area (Å²) in [5.41, 5.74) is -3.48. The van der Waals surface area contributed by atoms with Crippen molar-refractivity contribution in [3.05, 3.63) is 24.3 Å². The molecular formula is C40H68O12. The first-order valence-electron chi connectivity index (χ1n) is 19.7. The Bertz CT molecular complexity index is 1220. The van der Waals surface area contributed by atoms with Crippen molar-refractivity contribution in [1.82, 2.24) is 0 Å². The van der Waals surface area contributed by atoms with Gasteiger partial charge in [0.1, 0.15) is 11.7 Å². The molecule has 4 aliphatic heterocycles. The van der Waals surface area contributed by atoms with Crippen LogP contribution in [0.2, 0.25) is 0 Å². The van der Waals surface area contributed by atoms with Crippen LogP contribution >= 0.6 is 0 Å². The van der Waals surface area contributed by atoms with E-state index in [0.29, 0.717) is 45.1 Å². The van der Waals surface area contributed by atoms with Gasteiger partial charge in [0.05, 0.1) is 48.8 Å². The fraction of sp³-hybridized carbons (Fsp3) is 0.875. The molecule has 0 saturated carbocycles. The Labute approximate surface area is 310 Å². The van der Waals surface area contributed by atoms with Crippen LogP contribution < -0.4 is 0 Å². The minimum Gasteiger partial charge on any atom is -0.459 e. The largest absolute Gasteiger partial charge is 0.459 e. The summed E-state index contributed by atoms with van der Waals surface area (Å²) in [6.07, 6.45) is 4.21. The molecule has 4 heterocycles. The SMILES string of the molecule is CCC(O)CC1OC2(CCC1C)CC1OC(=O)C=CC(C)(O)C(O)C(C)C(O)CC(O)C(C)(O)CCCC=CC3CC(C)COC3(O)CC(O2)C1C. The molecule has 52 heavy (non-hydrogen) atoms. The van der Waals surface area contributed by atoms with Gasteiger partial charge in [0.2, 0.25) is 0 Å². The van der Waals surface area contributed by atoms with Crippen LogP contribution in [-0.4, -0.2) is 114 Å². The van der Waals surface area contributed by atoms with Crippen LogP contribution in [0, 0.1) is 29.6 Å². The van der Waals surface area contributed by atoms with Crippen LogP contribution in [0.5, 0.6) is 0 Å². The Kier molecular flexibility index (Phi) is 14.6. The maximum Gasteiger partial charge on any atom is 0.330 e. The molecule has 2 bridgehead atoms. The molecule has 0 radical (unpaired) electrons. The zero-order valence-corrected chi connectivity index (χ0v) is 32.4. The van der Waals surface area contributed by atoms with Crippen molar-refractivity contribution in [3.8, 4) is 0 Å². The van der Waals surface area contributed by atoms with Gasteiger partial charge >= 0.3 is 5.97 Å². The summed E-state index contributed by atoms with van der Waals surface area (Å²) >= 11 is 0. The Morgan fingerprint density at radius 3 is 2.35 bits per heavy atom. The fourth-order valence-electron chi connectivity index (χ4n) is 8.35. The Balaban J connectivity index is 1.69. The maximum atomic E-state index is 13.4. The third kappa shape index (κ3) is 10.6. The highest BCUT2D eigenvalue weighted by molar-refractivity contribution is 5.82. The summed E-state index contributed by atoms with van der Waals surface area (Å²) in [5.74, 6) is -4.82. The lowest BCUT2D eigenvalue weighted by molar-refractivity contribution is -0.362. The molecule has 0 aromatic rings. The van der Waals surface area contributed by atoms with Crippen molar-refractivity contribution in [2.45, 2.75) is 185 Å². The summed E-state index contributed by atoms with van der Waals surface area (Å²) in [6.45, 7) is 12.7. The van der Waals surface area contributed by atoms with Crippen molar-refractivity contribution in [2.24, 2.45) is 29.6 Å². The van der Waals surface area contributed by atoms with Crippen LogP contribution in [0.4, 0.5) is 0 Å². The van der Waals surface area contributed by atoms with Gasteiger partial charge in [-0.15, -0.1) is 0 Å². The molecular weight excluding hydrogens is 672 g/mol. The molecule has 0 aliphatic carbocycles. The van der Waals surface area contributed by atoms with Crippen molar-refractivity contribution in [1.29, 1.82) is 0 Å². The van der Waals surface area contributed by atoms with Crippen molar-refractivity contribution in [3.63, 3.8) is 0 Å². The first kappa shape index (κ1) is 43.3. The van der Waals surface area contributed by atoms with E-state index < -0.39 is 77.2 Å². The number of aliphatic hydroxyl groups is 7. The third-order valence-corrected chi connectivity index (χ3v) is 12.5. The number of fused-ring (bicyclic) bond motifs is 3. The predicted octanol–water partition coefficient (Wildman–Crippen LogP) is 3.65. The normalized spacial score (nSPS) is 48.2. The topological polar surface area (TPSA) is 196 Å². The number of hydrogen-bond donors (Lipinski definition) is 7. The molecule has 300 valence electrons. The van der Waals surface area contributed by atoms with E-state index in [1.807, 2.05) is 26.0 Å². The molecule has 0 aromatic heterocycles. The van der Waals surface area contributed by atoms with Crippen molar-refractivity contribution in [2.75, 3.05) is 6.61 Å². The number of carbonyl (C=O) groups is 1. The van der Waals surface area contributed by atoms with E-state index in [1.165, 1.54) is 20.8 Å². The molecule has 0 aromatic carbocycles. The summed E-state index contributed by atoms with van der Waals surface area (Å²) in [5, 5.41) is 77.8. The van der Waals surface area contributed by atoms with Gasteiger partial charge in [-0.2, -0.15) is 0 Å². The zero-order valence-electron chi connectivity index (χ0n) is 32.4. The lowest BCUT2D eigenvalue weighted by Crippen LogP contribution is -2.59. The number of carbonyl (C=O) groups excluding carboxylic acids is 1. The van der Waals surface area contributed by atoms with Gasteiger partial charge in [0, 0.05) is 49.5 Å². The lowest BCUT2D eigenvalue weighted by Gasteiger charge is -2.53. The van der Waals surface area contributed by atoms with E-state index in [4.69, 9.17) is 18.9 Å². The Hall–Kier alpha value is -1.45. The average Bonchev–Trinajstić information content (AvgIpc) is 3.08. The molecule has 1 spiro atoms. The molecule has 16 unspecified atom stereocenters. The molecule has 7 N–H and O–H groups in total. The highest BCUT2D eigenvalue weighted by Crippen LogP contribution is 2.48. The summed E-state index contributed by atoms with van der Waals surface area (Å²) in [7, 11) is 0. The smallest absolute Gasteiger partial charge is 0.330 e. The highest BCUT2D eigenvalue weighted by atomic mass is 16.7. The van der Waals surface area contributed by atoms with Crippen LogP contribution in [0.25, 0.3) is 0 Å². The van der Waals surface area contributed by atoms with Crippen LogP contribution in [0.3, 0.4) is 0 Å². The van der Waals surface area contributed by atoms with E-state index in [1.54, 1.807) is 0 Å². The number of hydrogen-bond acceptors (Lipinski definition) is 12. The van der Waals surface area contributed by atoms with Gasteiger partial charge < -0.3 is 54.7 Å². The molecule has 4 aliphatic rings. The molecule has 16 atom stereocenters. The van der Waals surface area contributed by atoms with Crippen molar-refractivity contribution < 1.29 is 59.5 Å². The maximum absolute atomic E-state index is 13.4. The number of rotatable bonds is 3. The Morgan fingerprint density at radius 1 is 0.942 bits per heavy atom. The third-order valence-electron chi connectivity index (χ3n) is 12.5. The molecule has 3 fully saturated rings. The van der Waals surface area contributed by atoms with E-state index in [-0.39, 0.29) is 49.5 Å². The number of aliphatic hydroxyl groups excluding tert-OH is 4. The van der Waals surface area contributed by atoms with Gasteiger partial charge in [0.25, 0.3) is 0 Å². The van der Waals surface area contributed by atoms with E-state index in [2.05, 4.69) is 13.8 Å². The minimum atomic E-state index is -1.95. The van der Waals surface area contributed by atoms with Crippen LogP contribution in [-0.2, 0) is 23.7 Å². The molecule has 3 saturated heterocycles.